The molecule has 40 heavy (non-hydrogen) atoms. The maximum atomic E-state index is 13.2. The molecule has 6 rings (SSSR count). The van der Waals surface area contributed by atoms with Crippen LogP contribution in [0.1, 0.15) is 17.9 Å². The van der Waals surface area contributed by atoms with Gasteiger partial charge in [0.1, 0.15) is 30.4 Å². The summed E-state index contributed by atoms with van der Waals surface area (Å²) in [6, 6.07) is 11.9. The summed E-state index contributed by atoms with van der Waals surface area (Å²) >= 11 is 0. The van der Waals surface area contributed by atoms with E-state index in [1.807, 2.05) is 24.3 Å². The molecule has 0 radical (unpaired) electrons. The van der Waals surface area contributed by atoms with Gasteiger partial charge in [0.15, 0.2) is 11.6 Å². The molecule has 1 saturated heterocycles. The third-order valence-corrected chi connectivity index (χ3v) is 7.49. The predicted octanol–water partition coefficient (Wildman–Crippen LogP) is 1.15. The van der Waals surface area contributed by atoms with Crippen molar-refractivity contribution in [1.29, 1.82) is 0 Å². The normalized spacial score (nSPS) is 16.0. The summed E-state index contributed by atoms with van der Waals surface area (Å²) in [5.41, 5.74) is 2.36. The van der Waals surface area contributed by atoms with E-state index < -0.39 is 0 Å². The lowest BCUT2D eigenvalue weighted by Crippen LogP contribution is -2.46. The average molecular weight is 550 g/mol. The van der Waals surface area contributed by atoms with Crippen molar-refractivity contribution in [1.82, 2.24) is 23.6 Å². The number of furan rings is 1. The second kappa shape index (κ2) is 11.2. The standard InChI is InChI=1S/C27H35N9O4/c1-31-27(37)34(26-30-25-24(36(26)31)23(29-19-35(25)28)22-5-3-16-40-22)11-4-10-32-12-14-33(15-13-32)20-6-8-21(9-7-20)39-18-17-38-2/h3,5-9,16H,4,10-15,17-19,28H2,1-2H3. The number of benzene rings is 1. The van der Waals surface area contributed by atoms with E-state index in [1.165, 1.54) is 10.7 Å². The van der Waals surface area contributed by atoms with Crippen LogP contribution in [0.25, 0.3) is 5.78 Å². The molecule has 0 amide bonds. The van der Waals surface area contributed by atoms with Gasteiger partial charge in [-0.25, -0.2) is 19.8 Å². The van der Waals surface area contributed by atoms with E-state index in [0.29, 0.717) is 48.5 Å². The number of rotatable bonds is 10. The highest BCUT2D eigenvalue weighted by Gasteiger charge is 2.31. The number of hydrazine groups is 1. The van der Waals surface area contributed by atoms with E-state index in [0.717, 1.165) is 44.9 Å². The van der Waals surface area contributed by atoms with Gasteiger partial charge < -0.3 is 18.8 Å². The molecule has 4 aromatic rings. The quantitative estimate of drug-likeness (QED) is 0.229. The lowest BCUT2D eigenvalue weighted by Gasteiger charge is -2.36. The van der Waals surface area contributed by atoms with E-state index in [-0.39, 0.29) is 12.4 Å². The van der Waals surface area contributed by atoms with Gasteiger partial charge in [-0.1, -0.05) is 0 Å². The first kappa shape index (κ1) is 26.2. The zero-order chi connectivity index (χ0) is 27.6. The van der Waals surface area contributed by atoms with Crippen LogP contribution < -0.4 is 26.2 Å². The minimum Gasteiger partial charge on any atom is -0.491 e. The second-order valence-electron chi connectivity index (χ2n) is 9.97. The van der Waals surface area contributed by atoms with E-state index >= 15 is 0 Å². The van der Waals surface area contributed by atoms with Crippen LogP contribution in [0.5, 0.6) is 5.75 Å². The average Bonchev–Trinajstić information content (AvgIpc) is 3.70. The number of nitrogens with zero attached hydrogens (tertiary/aromatic N) is 8. The Hall–Kier alpha value is -4.07. The van der Waals surface area contributed by atoms with Crippen molar-refractivity contribution < 1.29 is 13.9 Å². The van der Waals surface area contributed by atoms with Crippen molar-refractivity contribution in [2.75, 3.05) is 69.6 Å². The molecule has 0 aliphatic carbocycles. The summed E-state index contributed by atoms with van der Waals surface area (Å²) in [4.78, 5) is 27.4. The first-order chi connectivity index (χ1) is 19.5. The van der Waals surface area contributed by atoms with Gasteiger partial charge in [-0.15, -0.1) is 0 Å². The first-order valence-electron chi connectivity index (χ1n) is 13.5. The van der Waals surface area contributed by atoms with E-state index in [2.05, 4.69) is 26.9 Å². The fourth-order valence-corrected chi connectivity index (χ4v) is 5.37. The maximum absolute atomic E-state index is 13.2. The van der Waals surface area contributed by atoms with Gasteiger partial charge in [-0.05, 0) is 49.4 Å². The van der Waals surface area contributed by atoms with Crippen molar-refractivity contribution in [3.05, 3.63) is 64.6 Å². The van der Waals surface area contributed by atoms with Crippen molar-refractivity contribution in [3.8, 4) is 5.75 Å². The van der Waals surface area contributed by atoms with Crippen molar-refractivity contribution in [2.45, 2.75) is 13.0 Å². The Morgan fingerprint density at radius 3 is 2.58 bits per heavy atom. The molecular formula is C27H35N9O4. The zero-order valence-electron chi connectivity index (χ0n) is 22.9. The van der Waals surface area contributed by atoms with Crippen LogP contribution in [0.3, 0.4) is 0 Å². The zero-order valence-corrected chi connectivity index (χ0v) is 22.9. The molecule has 2 aliphatic rings. The molecule has 212 valence electrons. The second-order valence-corrected chi connectivity index (χ2v) is 9.97. The lowest BCUT2D eigenvalue weighted by molar-refractivity contribution is 0.146. The summed E-state index contributed by atoms with van der Waals surface area (Å²) in [5.74, 6) is 8.80. The molecule has 0 spiro atoms. The summed E-state index contributed by atoms with van der Waals surface area (Å²) < 4.78 is 21.4. The smallest absolute Gasteiger partial charge is 0.345 e. The monoisotopic (exact) mass is 549 g/mol. The molecule has 1 fully saturated rings. The van der Waals surface area contributed by atoms with Crippen molar-refractivity contribution in [2.24, 2.45) is 17.9 Å². The van der Waals surface area contributed by atoms with Crippen LogP contribution in [0.15, 0.2) is 56.9 Å². The number of fused-ring (bicyclic) bond motifs is 3. The summed E-state index contributed by atoms with van der Waals surface area (Å²) in [7, 11) is 3.40. The molecule has 3 aromatic heterocycles. The Labute approximate surface area is 231 Å². The number of aliphatic imine (C=N–C) groups is 1. The van der Waals surface area contributed by atoms with Crippen LogP contribution >= 0.6 is 0 Å². The van der Waals surface area contributed by atoms with Crippen LogP contribution in [0, 0.1) is 0 Å². The van der Waals surface area contributed by atoms with Gasteiger partial charge in [-0.3, -0.25) is 19.5 Å². The highest BCUT2D eigenvalue weighted by molar-refractivity contribution is 6.14. The van der Waals surface area contributed by atoms with Crippen LogP contribution in [-0.2, 0) is 18.3 Å². The van der Waals surface area contributed by atoms with E-state index in [9.17, 15) is 4.79 Å². The SMILES string of the molecule is COCCOc1ccc(N2CCN(CCCn3c(=O)n(C)n4c5c(nc34)N(N)CN=C5c3ccco3)CC2)cc1. The van der Waals surface area contributed by atoms with E-state index in [1.54, 1.807) is 34.2 Å². The minimum absolute atomic E-state index is 0.127. The topological polar surface area (TPSA) is 124 Å². The predicted molar refractivity (Wildman–Crippen MR) is 151 cm³/mol. The molecular weight excluding hydrogens is 514 g/mol. The molecule has 5 heterocycles. The number of anilines is 2. The fourth-order valence-electron chi connectivity index (χ4n) is 5.37. The largest absolute Gasteiger partial charge is 0.491 e. The Morgan fingerprint density at radius 1 is 1.05 bits per heavy atom. The van der Waals surface area contributed by atoms with E-state index in [4.69, 9.17) is 24.7 Å². The third-order valence-electron chi connectivity index (χ3n) is 7.49. The lowest BCUT2D eigenvalue weighted by atomic mass is 10.2. The minimum atomic E-state index is -0.127. The number of hydrogen-bond acceptors (Lipinski definition) is 10. The summed E-state index contributed by atoms with van der Waals surface area (Å²) in [5, 5.41) is 1.49. The number of piperazine rings is 1. The van der Waals surface area contributed by atoms with Gasteiger partial charge in [-0.2, -0.15) is 4.98 Å². The number of ether oxygens (including phenoxy) is 2. The number of nitrogens with two attached hydrogens (primary N) is 1. The molecule has 0 bridgehead atoms. The molecule has 13 heteroatoms. The number of aryl methyl sites for hydroxylation is 2. The summed E-state index contributed by atoms with van der Waals surface area (Å²) in [6.07, 6.45) is 2.43. The Kier molecular flexibility index (Phi) is 7.32. The fraction of sp³-hybridized carbons (Fsp3) is 0.444. The summed E-state index contributed by atoms with van der Waals surface area (Å²) in [6.45, 7) is 6.67. The van der Waals surface area contributed by atoms with Crippen LogP contribution in [0.2, 0.25) is 0 Å². The van der Waals surface area contributed by atoms with Gasteiger partial charge in [0.05, 0.1) is 12.9 Å². The van der Waals surface area contributed by atoms with Crippen LogP contribution in [-0.4, -0.2) is 89.1 Å². The molecule has 0 saturated carbocycles. The highest BCUT2D eigenvalue weighted by atomic mass is 16.5. The van der Waals surface area contributed by atoms with Gasteiger partial charge in [0.2, 0.25) is 5.78 Å². The van der Waals surface area contributed by atoms with Crippen molar-refractivity contribution in [3.63, 3.8) is 0 Å². The number of methoxy groups -OCH3 is 1. The Morgan fingerprint density at radius 2 is 1.85 bits per heavy atom. The molecule has 0 unspecified atom stereocenters. The van der Waals surface area contributed by atoms with Gasteiger partial charge >= 0.3 is 5.69 Å². The third kappa shape index (κ3) is 4.87. The molecule has 2 aliphatic heterocycles. The van der Waals surface area contributed by atoms with Crippen molar-refractivity contribution >= 4 is 23.0 Å². The molecule has 0 atom stereocenters. The maximum Gasteiger partial charge on any atom is 0.345 e. The molecule has 1 aromatic carbocycles. The van der Waals surface area contributed by atoms with Gasteiger partial charge in [0, 0.05) is 52.6 Å². The molecule has 2 N–H and O–H groups in total. The molecule has 13 nitrogen and oxygen atoms in total. The van der Waals surface area contributed by atoms with Gasteiger partial charge in [0.25, 0.3) is 0 Å². The number of imidazole rings is 1. The number of aromatic nitrogens is 4. The highest BCUT2D eigenvalue weighted by Crippen LogP contribution is 2.27. The number of hydrogen-bond donors (Lipinski definition) is 1. The first-order valence-corrected chi connectivity index (χ1v) is 13.5. The Balaban J connectivity index is 1.09. The van der Waals surface area contributed by atoms with Crippen LogP contribution in [0.4, 0.5) is 11.5 Å². The Bertz CT molecular complexity index is 1530.